The number of hydrogen-bond acceptors (Lipinski definition) is 4. The Morgan fingerprint density at radius 2 is 2.09 bits per heavy atom. The molecule has 4 nitrogen and oxygen atoms in total. The Balaban J connectivity index is 1.79. The van der Waals surface area contributed by atoms with Crippen molar-refractivity contribution in [2.75, 3.05) is 18.8 Å². The van der Waals surface area contributed by atoms with Gasteiger partial charge in [-0.3, -0.25) is 4.79 Å². The maximum atomic E-state index is 12.1. The van der Waals surface area contributed by atoms with E-state index in [-0.39, 0.29) is 17.9 Å². The number of alkyl halides is 3. The summed E-state index contributed by atoms with van der Waals surface area (Å²) in [5, 5.41) is 8.84. The van der Waals surface area contributed by atoms with Crippen LogP contribution in [0.4, 0.5) is 13.2 Å². The Morgan fingerprint density at radius 3 is 2.70 bits per heavy atom. The predicted octanol–water partition coefficient (Wildman–Crippen LogP) is 3.18. The van der Waals surface area contributed by atoms with E-state index in [1.165, 1.54) is 4.90 Å². The number of carbonyl (C=O) groups excluding carboxylic acids is 1. The summed E-state index contributed by atoms with van der Waals surface area (Å²) in [5.74, 6) is -0.502. The van der Waals surface area contributed by atoms with E-state index < -0.39 is 17.2 Å². The summed E-state index contributed by atoms with van der Waals surface area (Å²) >= 11 is -0.310. The van der Waals surface area contributed by atoms with Gasteiger partial charge >= 0.3 is 5.51 Å². The molecule has 1 aliphatic heterocycles. The number of piperidine rings is 1. The molecule has 0 N–H and O–H groups in total. The van der Waals surface area contributed by atoms with Crippen LogP contribution in [0, 0.1) is 11.3 Å². The molecule has 0 saturated carbocycles. The van der Waals surface area contributed by atoms with Gasteiger partial charge in [-0.15, -0.1) is 0 Å². The van der Waals surface area contributed by atoms with Crippen molar-refractivity contribution >= 4 is 17.7 Å². The number of amides is 1. The molecule has 0 radical (unpaired) electrons. The number of thioether (sulfide) groups is 1. The summed E-state index contributed by atoms with van der Waals surface area (Å²) in [7, 11) is 0. The minimum atomic E-state index is -4.39. The Labute approximate surface area is 136 Å². The molecule has 0 atom stereocenters. The third-order valence-electron chi connectivity index (χ3n) is 3.42. The molecular formula is C15H15F3N2O2S. The van der Waals surface area contributed by atoms with Crippen LogP contribution in [-0.4, -0.2) is 41.3 Å². The highest BCUT2D eigenvalue weighted by Gasteiger charge is 2.31. The number of likely N-dealkylation sites (tertiary alicyclic amines) is 1. The molecule has 1 amide bonds. The van der Waals surface area contributed by atoms with Gasteiger partial charge in [0.15, 0.2) is 0 Å². The number of halogens is 3. The van der Waals surface area contributed by atoms with E-state index in [0.29, 0.717) is 37.2 Å². The lowest BCUT2D eigenvalue weighted by Crippen LogP contribution is -2.42. The zero-order valence-corrected chi connectivity index (χ0v) is 13.0. The lowest BCUT2D eigenvalue weighted by atomic mass is 10.1. The molecule has 1 fully saturated rings. The highest BCUT2D eigenvalue weighted by molar-refractivity contribution is 8.00. The van der Waals surface area contributed by atoms with Crippen molar-refractivity contribution in [1.29, 1.82) is 5.26 Å². The average Bonchev–Trinajstić information content (AvgIpc) is 2.53. The van der Waals surface area contributed by atoms with Crippen molar-refractivity contribution in [3.8, 4) is 11.8 Å². The van der Waals surface area contributed by atoms with Crippen molar-refractivity contribution in [2.45, 2.75) is 24.5 Å². The first-order valence-electron chi connectivity index (χ1n) is 7.02. The van der Waals surface area contributed by atoms with Gasteiger partial charge in [0.1, 0.15) is 11.9 Å². The minimum Gasteiger partial charge on any atom is -0.490 e. The number of rotatable bonds is 4. The highest BCUT2D eigenvalue weighted by Crippen LogP contribution is 2.30. The van der Waals surface area contributed by atoms with Crippen LogP contribution in [0.3, 0.4) is 0 Å². The number of benzene rings is 1. The second-order valence-corrected chi connectivity index (χ2v) is 6.11. The van der Waals surface area contributed by atoms with Crippen LogP contribution in [0.1, 0.15) is 18.4 Å². The first-order chi connectivity index (χ1) is 10.9. The summed E-state index contributed by atoms with van der Waals surface area (Å²) in [6, 6.07) is 8.81. The molecule has 0 spiro atoms. The number of nitriles is 1. The summed E-state index contributed by atoms with van der Waals surface area (Å²) in [5.41, 5.74) is -3.89. The van der Waals surface area contributed by atoms with Crippen molar-refractivity contribution in [3.05, 3.63) is 29.8 Å². The molecule has 124 valence electrons. The Hall–Kier alpha value is -1.88. The summed E-state index contributed by atoms with van der Waals surface area (Å²) < 4.78 is 42.1. The fourth-order valence-electron chi connectivity index (χ4n) is 2.29. The second-order valence-electron chi connectivity index (χ2n) is 5.07. The minimum absolute atomic E-state index is 0.108. The summed E-state index contributed by atoms with van der Waals surface area (Å²) in [4.78, 5) is 13.2. The lowest BCUT2D eigenvalue weighted by Gasteiger charge is -2.32. The highest BCUT2D eigenvalue weighted by atomic mass is 32.2. The molecule has 1 aromatic carbocycles. The first kappa shape index (κ1) is 17.5. The van der Waals surface area contributed by atoms with Crippen molar-refractivity contribution < 1.29 is 22.7 Å². The zero-order chi connectivity index (χ0) is 16.9. The number of nitrogens with zero attached hydrogens (tertiary/aromatic N) is 2. The van der Waals surface area contributed by atoms with Crippen molar-refractivity contribution in [2.24, 2.45) is 0 Å². The summed E-state index contributed by atoms with van der Waals surface area (Å²) in [6.45, 7) is 0.750. The van der Waals surface area contributed by atoms with Crippen LogP contribution in [0.5, 0.6) is 5.75 Å². The van der Waals surface area contributed by atoms with Crippen LogP contribution in [-0.2, 0) is 4.79 Å². The van der Waals surface area contributed by atoms with Gasteiger partial charge < -0.3 is 9.64 Å². The Bertz CT molecular complexity index is 593. The van der Waals surface area contributed by atoms with Gasteiger partial charge in [0, 0.05) is 25.9 Å². The molecule has 23 heavy (non-hydrogen) atoms. The smallest absolute Gasteiger partial charge is 0.442 e. The molecule has 1 heterocycles. The quantitative estimate of drug-likeness (QED) is 0.842. The second kappa shape index (κ2) is 7.59. The fraction of sp³-hybridized carbons (Fsp3) is 0.467. The predicted molar refractivity (Wildman–Crippen MR) is 79.9 cm³/mol. The van der Waals surface area contributed by atoms with E-state index in [0.717, 1.165) is 0 Å². The number of carbonyl (C=O) groups is 1. The maximum Gasteiger partial charge on any atom is 0.442 e. The number of hydrogen-bond donors (Lipinski definition) is 0. The molecule has 2 rings (SSSR count). The maximum absolute atomic E-state index is 12.1. The van der Waals surface area contributed by atoms with Crippen molar-refractivity contribution in [3.63, 3.8) is 0 Å². The molecule has 1 saturated heterocycles. The van der Waals surface area contributed by atoms with E-state index in [2.05, 4.69) is 0 Å². The number of ether oxygens (including phenoxy) is 1. The van der Waals surface area contributed by atoms with Gasteiger partial charge in [0.2, 0.25) is 5.91 Å². The standard InChI is InChI=1S/C15H15F3N2O2S/c16-15(17,18)23-10-14(21)20-6-4-12(5-7-20)22-13-3-1-2-11(8-13)9-19/h1-3,8,12H,4-7,10H2. The van der Waals surface area contributed by atoms with Gasteiger partial charge in [-0.2, -0.15) is 18.4 Å². The summed E-state index contributed by atoms with van der Waals surface area (Å²) in [6.07, 6.45) is 1.00. The lowest BCUT2D eigenvalue weighted by molar-refractivity contribution is -0.130. The largest absolute Gasteiger partial charge is 0.490 e. The van der Waals surface area contributed by atoms with E-state index in [4.69, 9.17) is 10.00 Å². The molecule has 1 aromatic rings. The molecule has 0 aromatic heterocycles. The zero-order valence-electron chi connectivity index (χ0n) is 12.2. The van der Waals surface area contributed by atoms with Gasteiger partial charge in [0.25, 0.3) is 0 Å². The normalized spacial score (nSPS) is 16.0. The van der Waals surface area contributed by atoms with Gasteiger partial charge in [-0.05, 0) is 30.0 Å². The van der Waals surface area contributed by atoms with Crippen LogP contribution >= 0.6 is 11.8 Å². The SMILES string of the molecule is N#Cc1cccc(OC2CCN(C(=O)CSC(F)(F)F)CC2)c1. The average molecular weight is 344 g/mol. The van der Waals surface area contributed by atoms with E-state index in [1.807, 2.05) is 6.07 Å². The van der Waals surface area contributed by atoms with Crippen LogP contribution < -0.4 is 4.74 Å². The molecule has 0 unspecified atom stereocenters. The van der Waals surface area contributed by atoms with Gasteiger partial charge in [-0.25, -0.2) is 0 Å². The van der Waals surface area contributed by atoms with Crippen molar-refractivity contribution in [1.82, 2.24) is 4.90 Å². The van der Waals surface area contributed by atoms with Crippen LogP contribution in [0.25, 0.3) is 0 Å². The molecule has 1 aliphatic rings. The fourth-order valence-corrected chi connectivity index (χ4v) is 2.76. The monoisotopic (exact) mass is 344 g/mol. The molecule has 0 bridgehead atoms. The van der Waals surface area contributed by atoms with E-state index in [9.17, 15) is 18.0 Å². The third kappa shape index (κ3) is 5.67. The first-order valence-corrected chi connectivity index (χ1v) is 8.01. The Morgan fingerprint density at radius 1 is 1.39 bits per heavy atom. The van der Waals surface area contributed by atoms with Gasteiger partial charge in [-0.1, -0.05) is 6.07 Å². The molecule has 8 heteroatoms. The Kier molecular flexibility index (Phi) is 5.77. The van der Waals surface area contributed by atoms with E-state index in [1.54, 1.807) is 24.3 Å². The third-order valence-corrected chi connectivity index (χ3v) is 4.14. The topological polar surface area (TPSA) is 53.3 Å². The van der Waals surface area contributed by atoms with Crippen LogP contribution in [0.2, 0.25) is 0 Å². The van der Waals surface area contributed by atoms with Crippen LogP contribution in [0.15, 0.2) is 24.3 Å². The van der Waals surface area contributed by atoms with Gasteiger partial charge in [0.05, 0.1) is 17.4 Å². The van der Waals surface area contributed by atoms with E-state index >= 15 is 0 Å². The molecular weight excluding hydrogens is 329 g/mol. The molecule has 0 aliphatic carbocycles.